The number of rotatable bonds is 9. The fraction of sp³-hybridized carbons (Fsp3) is 0.294. The minimum atomic E-state index is -0.845. The molecule has 3 fully saturated rings. The molecule has 3 spiro atoms. The minimum Gasteiger partial charge on any atom is -0.451 e. The van der Waals surface area contributed by atoms with Crippen molar-refractivity contribution < 1.29 is 28.4 Å². The first-order valence-electron chi connectivity index (χ1n) is 39.5. The van der Waals surface area contributed by atoms with Gasteiger partial charge in [-0.2, -0.15) is 0 Å². The SMILES string of the molecule is Brc1cccc2c1OC13Oc4c(Br)cccc4C[C@H]1CCC[C@@H]3C2.Brc1cccc2c1O[C@]13Oc4c(cccc4P(c4ccccc4)c4ccccc4)C[C@H]1CCC[C@@H]3C2.C.C.C.C.Cc1ccc(P(c2ccc(C)cc2)c2cccc3c2O[C@]24Oc5c(cccc5P(c5ccccc5)c5ccccc5)C[C@H]2CCC[C@@H]4C3)cc1. The highest BCUT2D eigenvalue weighted by molar-refractivity contribution is 9.11. The number of halogens is 3. The van der Waals surface area contributed by atoms with Crippen LogP contribution in [-0.2, 0) is 38.5 Å². The van der Waals surface area contributed by atoms with Gasteiger partial charge in [-0.3, -0.25) is 0 Å². The second-order valence-corrected chi connectivity index (χ2v) is 40.6. The fourth-order valence-corrected chi connectivity index (χ4v) is 28.3. The van der Waals surface area contributed by atoms with E-state index in [9.17, 15) is 0 Å². The van der Waals surface area contributed by atoms with E-state index in [2.05, 4.69) is 341 Å². The van der Waals surface area contributed by atoms with Crippen molar-refractivity contribution in [2.24, 2.45) is 35.5 Å². The standard InChI is InChI=1S/C46H42O2P2.C32H28BrO2P.C20H18Br2O2.4CH4/c1-32-22-26-40(27-23-32)50(41-28-24-33(2)25-29-41)43-21-10-13-35-31-37-15-11-14-36-30-34-12-9-20-42(44(34)47-46(36,37)48-45(35)43)49(38-16-5-3-6-17-38)39-18-7-4-8-19-39;33-28-18-7-10-22-20-24-12-9-13-25-21-23-11-8-19-29(31(23)35-32(24,25)34-30(22)28)36(26-14-3-1-4-15-26)27-16-5-2-6-17-27;21-16-8-1-4-12-10-14-6-3-7-15-11-13-5-2-9-17(22)19(13)24-20(14,15)23-18(12)16;;;;/h3-10,12-13,16-29,36-37H,11,14-15,30-31H2,1-2H3;1-8,10-11,14-19,24-25H,9,12-13,20-21H2;1-2,4-5,8-9,14-15H,3,6-7,10-11H2;4*1H4/t36-,37-,46-;24-,25-,32-;14-,15-,20?;;;;/m111..../s1. The molecule has 6 heterocycles. The average molecular weight is 1760 g/mol. The summed E-state index contributed by atoms with van der Waals surface area (Å²) in [6.07, 6.45) is 16.6. The Bertz CT molecular complexity index is 5170. The van der Waals surface area contributed by atoms with Gasteiger partial charge < -0.3 is 28.4 Å². The first-order chi connectivity index (χ1) is 54.0. The van der Waals surface area contributed by atoms with Crippen LogP contribution in [0.5, 0.6) is 34.5 Å². The summed E-state index contributed by atoms with van der Waals surface area (Å²) < 4.78 is 46.0. The van der Waals surface area contributed by atoms with E-state index < -0.39 is 41.1 Å². The van der Waals surface area contributed by atoms with Crippen molar-refractivity contribution >= 4 is 119 Å². The quantitative estimate of drug-likeness (QED) is 0.134. The van der Waals surface area contributed by atoms with Gasteiger partial charge in [-0.1, -0.05) is 321 Å². The summed E-state index contributed by atoms with van der Waals surface area (Å²) in [4.78, 5) is 0. The monoisotopic (exact) mass is 1750 g/mol. The Hall–Kier alpha value is -7.83. The summed E-state index contributed by atoms with van der Waals surface area (Å²) in [5.41, 5.74) is 10.4. The van der Waals surface area contributed by atoms with Crippen LogP contribution in [0.3, 0.4) is 0 Å². The van der Waals surface area contributed by atoms with Crippen molar-refractivity contribution in [1.82, 2.24) is 0 Å². The van der Waals surface area contributed by atoms with Gasteiger partial charge in [-0.25, -0.2) is 0 Å². The van der Waals surface area contributed by atoms with Crippen LogP contribution in [0.25, 0.3) is 0 Å². The van der Waals surface area contributed by atoms with Crippen molar-refractivity contribution in [2.75, 3.05) is 0 Å². The molecule has 6 aliphatic heterocycles. The number of hydrogen-bond donors (Lipinski definition) is 0. The van der Waals surface area contributed by atoms with Crippen molar-refractivity contribution in [3.8, 4) is 34.5 Å². The third-order valence-electron chi connectivity index (χ3n) is 24.8. The summed E-state index contributed by atoms with van der Waals surface area (Å²) in [6, 6.07) is 102. The Balaban J connectivity index is 0.000000140. The van der Waals surface area contributed by atoms with Crippen molar-refractivity contribution in [2.45, 2.75) is 157 Å². The molecule has 0 aromatic heterocycles. The Morgan fingerprint density at radius 1 is 0.237 bits per heavy atom. The molecular formula is C102H104Br3O6P3. The first kappa shape index (κ1) is 81.3. The maximum atomic E-state index is 7.63. The third-order valence-corrected chi connectivity index (χ3v) is 34.1. The van der Waals surface area contributed by atoms with Gasteiger partial charge in [0.15, 0.2) is 0 Å². The van der Waals surface area contributed by atoms with E-state index in [4.69, 9.17) is 28.4 Å². The molecule has 0 saturated heterocycles. The van der Waals surface area contributed by atoms with E-state index in [1.54, 1.807) is 0 Å². The number of ether oxygens (including phenoxy) is 6. The number of aryl methyl sites for hydroxylation is 2. The lowest BCUT2D eigenvalue weighted by molar-refractivity contribution is -0.226. The number of para-hydroxylation sites is 6. The van der Waals surface area contributed by atoms with Crippen LogP contribution < -0.4 is 76.2 Å². The molecule has 114 heavy (non-hydrogen) atoms. The van der Waals surface area contributed by atoms with E-state index in [0.717, 1.165) is 112 Å². The number of benzene rings is 12. The highest BCUT2D eigenvalue weighted by Crippen LogP contribution is 2.59. The van der Waals surface area contributed by atoms with Crippen LogP contribution in [-0.4, -0.2) is 17.4 Å². The van der Waals surface area contributed by atoms with Gasteiger partial charge in [0.25, 0.3) is 17.4 Å². The highest BCUT2D eigenvalue weighted by atomic mass is 79.9. The van der Waals surface area contributed by atoms with Crippen molar-refractivity contribution in [1.29, 1.82) is 0 Å². The molecule has 0 bridgehead atoms. The smallest absolute Gasteiger partial charge is 0.257 e. The Morgan fingerprint density at radius 2 is 0.439 bits per heavy atom. The highest BCUT2D eigenvalue weighted by Gasteiger charge is 2.61. The number of hydrogen-bond acceptors (Lipinski definition) is 6. The molecule has 12 aromatic carbocycles. The lowest BCUT2D eigenvalue weighted by Gasteiger charge is -2.54. The van der Waals surface area contributed by atoms with E-state index in [1.807, 2.05) is 0 Å². The van der Waals surface area contributed by atoms with Gasteiger partial charge in [0.2, 0.25) is 0 Å². The average Bonchev–Trinajstić information content (AvgIpc) is 0.719. The lowest BCUT2D eigenvalue weighted by Crippen LogP contribution is -2.62. The van der Waals surface area contributed by atoms with Crippen LogP contribution in [0.2, 0.25) is 0 Å². The first-order valence-corrected chi connectivity index (χ1v) is 45.9. The molecule has 8 atom stereocenters. The molecule has 3 aliphatic carbocycles. The second kappa shape index (κ2) is 34.4. The van der Waals surface area contributed by atoms with Gasteiger partial charge in [-0.15, -0.1) is 0 Å². The maximum Gasteiger partial charge on any atom is 0.257 e. The molecule has 12 aromatic rings. The maximum absolute atomic E-state index is 7.63. The van der Waals surface area contributed by atoms with Crippen LogP contribution >= 0.6 is 71.6 Å². The molecule has 0 unspecified atom stereocenters. The molecule has 0 radical (unpaired) electrons. The van der Waals surface area contributed by atoms with Crippen molar-refractivity contribution in [3.05, 3.63) is 337 Å². The summed E-state index contributed by atoms with van der Waals surface area (Å²) in [6.45, 7) is 4.34. The van der Waals surface area contributed by atoms with Crippen molar-refractivity contribution in [3.63, 3.8) is 0 Å². The van der Waals surface area contributed by atoms with Crippen LogP contribution in [0, 0.1) is 49.4 Å². The van der Waals surface area contributed by atoms with Gasteiger partial charge in [0.1, 0.15) is 34.5 Å². The molecule has 3 saturated carbocycles. The normalized spacial score (nSPS) is 22.9. The third kappa shape index (κ3) is 15.0. The molecule has 9 aliphatic rings. The Morgan fingerprint density at radius 3 is 0.675 bits per heavy atom. The van der Waals surface area contributed by atoms with Crippen LogP contribution in [0.4, 0.5) is 0 Å². The van der Waals surface area contributed by atoms with Gasteiger partial charge in [0.05, 0.1) is 13.4 Å². The van der Waals surface area contributed by atoms with E-state index in [-0.39, 0.29) is 29.7 Å². The lowest BCUT2D eigenvalue weighted by atomic mass is 9.68. The Labute approximate surface area is 706 Å². The summed E-state index contributed by atoms with van der Waals surface area (Å²) in [7, 11) is -2.43. The van der Waals surface area contributed by atoms with Gasteiger partial charge in [-0.05, 0) is 246 Å². The van der Waals surface area contributed by atoms with E-state index in [1.165, 1.54) is 124 Å². The molecule has 6 nitrogen and oxygen atoms in total. The summed E-state index contributed by atoms with van der Waals surface area (Å²) in [5.74, 6) is 6.39. The fourth-order valence-electron chi connectivity index (χ4n) is 19.7. The second-order valence-electron chi connectivity index (χ2n) is 31.5. The predicted octanol–water partition coefficient (Wildman–Crippen LogP) is 23.8. The van der Waals surface area contributed by atoms with Gasteiger partial charge in [0, 0.05) is 51.4 Å². The zero-order valence-electron chi connectivity index (χ0n) is 62.1. The number of fused-ring (bicyclic) bond motifs is 6. The van der Waals surface area contributed by atoms with Crippen LogP contribution in [0.15, 0.2) is 292 Å². The minimum absolute atomic E-state index is 0. The topological polar surface area (TPSA) is 55.4 Å². The molecule has 21 rings (SSSR count). The predicted molar refractivity (Wildman–Crippen MR) is 491 cm³/mol. The molecule has 584 valence electrons. The summed E-state index contributed by atoms with van der Waals surface area (Å²) in [5, 5.41) is 11.9. The van der Waals surface area contributed by atoms with E-state index in [0.29, 0.717) is 35.5 Å². The summed E-state index contributed by atoms with van der Waals surface area (Å²) >= 11 is 11.1. The molecule has 12 heteroatoms. The zero-order chi connectivity index (χ0) is 74.1. The molecule has 0 N–H and O–H groups in total. The van der Waals surface area contributed by atoms with Gasteiger partial charge >= 0.3 is 0 Å². The molecule has 0 amide bonds. The van der Waals surface area contributed by atoms with Crippen LogP contribution in [0.1, 0.15) is 132 Å². The molecular weight excluding hydrogens is 1650 g/mol. The zero-order valence-corrected chi connectivity index (χ0v) is 69.5. The Kier molecular flexibility index (Phi) is 24.5. The largest absolute Gasteiger partial charge is 0.451 e. The van der Waals surface area contributed by atoms with E-state index >= 15 is 0 Å².